The summed E-state index contributed by atoms with van der Waals surface area (Å²) in [5.41, 5.74) is 1.36. The van der Waals surface area contributed by atoms with Crippen molar-refractivity contribution in [2.45, 2.75) is 20.0 Å². The van der Waals surface area contributed by atoms with Crippen molar-refractivity contribution in [3.05, 3.63) is 51.7 Å². The highest BCUT2D eigenvalue weighted by atomic mass is 32.1. The molecule has 14 heavy (non-hydrogen) atoms. The van der Waals surface area contributed by atoms with E-state index in [2.05, 4.69) is 48.6 Å². The molecule has 0 bridgehead atoms. The number of hydrogen-bond donors (Lipinski definition) is 1. The molecule has 0 saturated heterocycles. The summed E-state index contributed by atoms with van der Waals surface area (Å²) in [5, 5.41) is 3.43. The Hall–Kier alpha value is -0.990. The molecule has 1 heterocycles. The molecule has 0 atom stereocenters. The summed E-state index contributed by atoms with van der Waals surface area (Å²) in [5.74, 6) is 0. The second kappa shape index (κ2) is 4.49. The molecule has 1 aromatic carbocycles. The van der Waals surface area contributed by atoms with Gasteiger partial charge >= 0.3 is 0 Å². The van der Waals surface area contributed by atoms with Gasteiger partial charge in [0.25, 0.3) is 0 Å². The smallest absolute Gasteiger partial charge is 0.0292 e. The molecule has 2 aromatic rings. The lowest BCUT2D eigenvalue weighted by Crippen LogP contribution is -2.10. The Morgan fingerprint density at radius 3 is 2.86 bits per heavy atom. The summed E-state index contributed by atoms with van der Waals surface area (Å²) in [6, 6.07) is 12.8. The lowest BCUT2D eigenvalue weighted by molar-refractivity contribution is 0.702. The first-order valence-electron chi connectivity index (χ1n) is 4.81. The van der Waals surface area contributed by atoms with E-state index < -0.39 is 0 Å². The number of aryl methyl sites for hydroxylation is 1. The Morgan fingerprint density at radius 1 is 1.29 bits per heavy atom. The number of hydrogen-bond acceptors (Lipinski definition) is 2. The Labute approximate surface area is 88.8 Å². The van der Waals surface area contributed by atoms with Crippen molar-refractivity contribution in [3.8, 4) is 0 Å². The number of nitrogens with one attached hydrogen (secondary N) is 1. The summed E-state index contributed by atoms with van der Waals surface area (Å²) < 4.78 is 0. The second-order valence-corrected chi connectivity index (χ2v) is 4.78. The molecule has 0 fully saturated rings. The van der Waals surface area contributed by atoms with Crippen LogP contribution in [0.5, 0.6) is 0 Å². The van der Waals surface area contributed by atoms with E-state index in [1.165, 1.54) is 15.3 Å². The van der Waals surface area contributed by atoms with Crippen LogP contribution < -0.4 is 5.32 Å². The highest BCUT2D eigenvalue weighted by molar-refractivity contribution is 7.11. The minimum Gasteiger partial charge on any atom is -0.320 e. The maximum Gasteiger partial charge on any atom is 0.0292 e. The highest BCUT2D eigenvalue weighted by Gasteiger charge is 1.94. The molecule has 0 amide bonds. The maximum absolute atomic E-state index is 3.43. The standard InChI is InChI=1S/C12H14NS/c1-10-6-7-12(14-10)9-13-8-11-4-2-3-5-11/h2-7,13H,8-9H2,1H3/q-1. The summed E-state index contributed by atoms with van der Waals surface area (Å²) >= 11 is 1.86. The first kappa shape index (κ1) is 9.56. The Morgan fingerprint density at radius 2 is 2.21 bits per heavy atom. The van der Waals surface area contributed by atoms with Crippen LogP contribution in [0.1, 0.15) is 15.3 Å². The Kier molecular flexibility index (Phi) is 3.07. The molecule has 0 unspecified atom stereocenters. The minimum absolute atomic E-state index is 0.962. The quantitative estimate of drug-likeness (QED) is 0.755. The second-order valence-electron chi connectivity index (χ2n) is 3.41. The van der Waals surface area contributed by atoms with Gasteiger partial charge in [0.05, 0.1) is 0 Å². The monoisotopic (exact) mass is 204 g/mol. The average molecular weight is 204 g/mol. The van der Waals surface area contributed by atoms with E-state index in [0.717, 1.165) is 13.1 Å². The van der Waals surface area contributed by atoms with Gasteiger partial charge < -0.3 is 5.32 Å². The molecule has 1 nitrogen and oxygen atoms in total. The van der Waals surface area contributed by atoms with Crippen molar-refractivity contribution in [1.82, 2.24) is 5.32 Å². The molecule has 0 saturated carbocycles. The van der Waals surface area contributed by atoms with Crippen molar-refractivity contribution >= 4 is 11.3 Å². The topological polar surface area (TPSA) is 12.0 Å². The zero-order valence-electron chi connectivity index (χ0n) is 8.29. The highest BCUT2D eigenvalue weighted by Crippen LogP contribution is 2.14. The molecule has 2 rings (SSSR count). The van der Waals surface area contributed by atoms with Crippen LogP contribution in [0.3, 0.4) is 0 Å². The van der Waals surface area contributed by atoms with Crippen LogP contribution in [0.4, 0.5) is 0 Å². The van der Waals surface area contributed by atoms with Gasteiger partial charge in [0.15, 0.2) is 0 Å². The molecule has 0 aliphatic rings. The van der Waals surface area contributed by atoms with Crippen LogP contribution in [-0.4, -0.2) is 0 Å². The van der Waals surface area contributed by atoms with Gasteiger partial charge in [-0.3, -0.25) is 0 Å². The van der Waals surface area contributed by atoms with E-state index in [9.17, 15) is 0 Å². The predicted octanol–water partition coefficient (Wildman–Crippen LogP) is 3.07. The third-order valence-electron chi connectivity index (χ3n) is 2.16. The van der Waals surface area contributed by atoms with Crippen LogP contribution in [0.2, 0.25) is 0 Å². The summed E-state index contributed by atoms with van der Waals surface area (Å²) in [7, 11) is 0. The normalized spacial score (nSPS) is 10.6. The summed E-state index contributed by atoms with van der Waals surface area (Å²) in [6.45, 7) is 4.08. The fourth-order valence-electron chi connectivity index (χ4n) is 1.44. The average Bonchev–Trinajstić information content (AvgIpc) is 2.77. The van der Waals surface area contributed by atoms with Crippen molar-refractivity contribution in [2.75, 3.05) is 0 Å². The summed E-state index contributed by atoms with van der Waals surface area (Å²) in [6.07, 6.45) is 0. The van der Waals surface area contributed by atoms with Crippen LogP contribution in [0, 0.1) is 6.92 Å². The van der Waals surface area contributed by atoms with E-state index in [4.69, 9.17) is 0 Å². The third kappa shape index (κ3) is 2.50. The molecular formula is C12H14NS-. The van der Waals surface area contributed by atoms with Gasteiger partial charge in [-0.2, -0.15) is 23.8 Å². The van der Waals surface area contributed by atoms with Gasteiger partial charge in [-0.1, -0.05) is 0 Å². The minimum atomic E-state index is 0.962. The number of thiophene rings is 1. The Balaban J connectivity index is 1.78. The molecule has 0 aliphatic carbocycles. The van der Waals surface area contributed by atoms with E-state index >= 15 is 0 Å². The van der Waals surface area contributed by atoms with Crippen molar-refractivity contribution in [2.24, 2.45) is 0 Å². The first-order chi connectivity index (χ1) is 6.84. The molecule has 74 valence electrons. The molecule has 2 heteroatoms. The van der Waals surface area contributed by atoms with Gasteiger partial charge in [-0.15, -0.1) is 11.3 Å². The third-order valence-corrected chi connectivity index (χ3v) is 3.16. The van der Waals surface area contributed by atoms with Gasteiger partial charge in [0.1, 0.15) is 0 Å². The molecule has 0 spiro atoms. The fraction of sp³-hybridized carbons (Fsp3) is 0.250. The van der Waals surface area contributed by atoms with Crippen molar-refractivity contribution in [1.29, 1.82) is 0 Å². The van der Waals surface area contributed by atoms with Crippen LogP contribution in [-0.2, 0) is 13.1 Å². The summed E-state index contributed by atoms with van der Waals surface area (Å²) in [4.78, 5) is 2.80. The van der Waals surface area contributed by atoms with E-state index in [1.54, 1.807) is 0 Å². The lowest BCUT2D eigenvalue weighted by atomic mass is 10.3. The maximum atomic E-state index is 3.43. The van der Waals surface area contributed by atoms with Crippen molar-refractivity contribution in [3.63, 3.8) is 0 Å². The van der Waals surface area contributed by atoms with Crippen LogP contribution in [0.15, 0.2) is 36.4 Å². The number of rotatable bonds is 4. The van der Waals surface area contributed by atoms with Gasteiger partial charge in [0, 0.05) is 16.3 Å². The van der Waals surface area contributed by atoms with Gasteiger partial charge in [-0.25, -0.2) is 6.07 Å². The molecule has 0 radical (unpaired) electrons. The zero-order chi connectivity index (χ0) is 9.80. The van der Waals surface area contributed by atoms with E-state index in [1.807, 2.05) is 11.3 Å². The molecule has 1 N–H and O–H groups in total. The zero-order valence-corrected chi connectivity index (χ0v) is 9.10. The lowest BCUT2D eigenvalue weighted by Gasteiger charge is -2.05. The predicted molar refractivity (Wildman–Crippen MR) is 61.6 cm³/mol. The Bertz CT molecular complexity index is 373. The van der Waals surface area contributed by atoms with Gasteiger partial charge in [-0.05, 0) is 25.6 Å². The van der Waals surface area contributed by atoms with Crippen LogP contribution in [0.25, 0.3) is 0 Å². The fourth-order valence-corrected chi connectivity index (χ4v) is 2.30. The molecular weight excluding hydrogens is 190 g/mol. The first-order valence-corrected chi connectivity index (χ1v) is 5.63. The van der Waals surface area contributed by atoms with Gasteiger partial charge in [0.2, 0.25) is 0 Å². The molecule has 1 aromatic heterocycles. The van der Waals surface area contributed by atoms with Crippen molar-refractivity contribution < 1.29 is 0 Å². The van der Waals surface area contributed by atoms with E-state index in [0.29, 0.717) is 0 Å². The SMILES string of the molecule is Cc1ccc(CNCc2cc[cH-]c2)s1. The van der Waals surface area contributed by atoms with E-state index in [-0.39, 0.29) is 0 Å². The largest absolute Gasteiger partial charge is 0.320 e. The molecule has 0 aliphatic heterocycles. The van der Waals surface area contributed by atoms with Crippen LogP contribution >= 0.6 is 11.3 Å².